The molecular weight excluding hydrogens is 419 g/mol. The molecule has 1 fully saturated rings. The standard InChI is InChI=1S/C19H26F3N5O2S/c1-23-18(24-9-6-15-13-25-17-5-3-2-4-16(15)17)26-12-14-7-10-27(11-8-14)30(28,29)19(20,21)22/h2-5,13-14,25H,6-12H2,1H3,(H2,23,24,26). The maximum Gasteiger partial charge on any atom is 0.511 e. The van der Waals surface area contributed by atoms with E-state index in [4.69, 9.17) is 0 Å². The predicted octanol–water partition coefficient (Wildman–Crippen LogP) is 2.44. The number of para-hydroxylation sites is 1. The molecule has 0 radical (unpaired) electrons. The summed E-state index contributed by atoms with van der Waals surface area (Å²) in [6.45, 7) is 0.942. The molecule has 1 aromatic carbocycles. The molecule has 0 bridgehead atoms. The molecular formula is C19H26F3N5O2S. The Balaban J connectivity index is 1.42. The van der Waals surface area contributed by atoms with Crippen molar-refractivity contribution >= 4 is 26.9 Å². The van der Waals surface area contributed by atoms with Gasteiger partial charge >= 0.3 is 15.5 Å². The SMILES string of the molecule is CN=C(NCCc1c[nH]c2ccccc12)NCC1CCN(S(=O)(=O)C(F)(F)F)CC1. The van der Waals surface area contributed by atoms with Gasteiger partial charge in [-0.15, -0.1) is 0 Å². The summed E-state index contributed by atoms with van der Waals surface area (Å²) in [6, 6.07) is 8.08. The highest BCUT2D eigenvalue weighted by Crippen LogP contribution is 2.30. The Morgan fingerprint density at radius 2 is 1.93 bits per heavy atom. The summed E-state index contributed by atoms with van der Waals surface area (Å²) >= 11 is 0. The molecule has 0 aliphatic carbocycles. The Bertz CT molecular complexity index is 979. The summed E-state index contributed by atoms with van der Waals surface area (Å²) in [6.07, 6.45) is 3.53. The molecule has 3 N–H and O–H groups in total. The number of piperidine rings is 1. The Labute approximate surface area is 173 Å². The predicted molar refractivity (Wildman–Crippen MR) is 111 cm³/mol. The van der Waals surface area contributed by atoms with Crippen molar-refractivity contribution < 1.29 is 21.6 Å². The van der Waals surface area contributed by atoms with Crippen LogP contribution < -0.4 is 10.6 Å². The average Bonchev–Trinajstić information content (AvgIpc) is 3.13. The number of guanidine groups is 1. The van der Waals surface area contributed by atoms with Crippen molar-refractivity contribution in [2.24, 2.45) is 10.9 Å². The number of aromatic amines is 1. The molecule has 1 aromatic heterocycles. The van der Waals surface area contributed by atoms with Crippen molar-refractivity contribution in [3.63, 3.8) is 0 Å². The van der Waals surface area contributed by atoms with Crippen LogP contribution in [0.15, 0.2) is 35.5 Å². The number of aliphatic imine (C=N–C) groups is 1. The van der Waals surface area contributed by atoms with Crippen LogP contribution in [-0.2, 0) is 16.4 Å². The van der Waals surface area contributed by atoms with Crippen LogP contribution in [0.2, 0.25) is 0 Å². The fourth-order valence-corrected chi connectivity index (χ4v) is 4.60. The van der Waals surface area contributed by atoms with E-state index in [1.54, 1.807) is 7.05 Å². The van der Waals surface area contributed by atoms with Crippen LogP contribution in [0, 0.1) is 5.92 Å². The van der Waals surface area contributed by atoms with Crippen molar-refractivity contribution in [3.05, 3.63) is 36.0 Å². The van der Waals surface area contributed by atoms with E-state index < -0.39 is 15.5 Å². The number of fused-ring (bicyclic) bond motifs is 1. The van der Waals surface area contributed by atoms with Crippen LogP contribution in [0.1, 0.15) is 18.4 Å². The maximum absolute atomic E-state index is 12.7. The van der Waals surface area contributed by atoms with Gasteiger partial charge in [-0.2, -0.15) is 17.5 Å². The van der Waals surface area contributed by atoms with Gasteiger partial charge in [-0.25, -0.2) is 8.42 Å². The lowest BCUT2D eigenvalue weighted by atomic mass is 9.98. The third kappa shape index (κ3) is 5.07. The first-order valence-electron chi connectivity index (χ1n) is 9.78. The van der Waals surface area contributed by atoms with Gasteiger partial charge in [-0.05, 0) is 36.8 Å². The minimum Gasteiger partial charge on any atom is -0.361 e. The number of benzene rings is 1. The van der Waals surface area contributed by atoms with Crippen LogP contribution in [0.5, 0.6) is 0 Å². The summed E-state index contributed by atoms with van der Waals surface area (Å²) in [7, 11) is -3.58. The quantitative estimate of drug-likeness (QED) is 0.471. The number of alkyl halides is 3. The third-order valence-electron chi connectivity index (χ3n) is 5.35. The van der Waals surface area contributed by atoms with Crippen LogP contribution in [0.25, 0.3) is 10.9 Å². The van der Waals surface area contributed by atoms with Gasteiger partial charge in [0.25, 0.3) is 0 Å². The highest BCUT2D eigenvalue weighted by atomic mass is 32.2. The minimum atomic E-state index is -5.24. The molecule has 2 aromatic rings. The molecule has 0 unspecified atom stereocenters. The highest BCUT2D eigenvalue weighted by Gasteiger charge is 2.50. The molecule has 1 aliphatic rings. The largest absolute Gasteiger partial charge is 0.511 e. The number of hydrogen-bond donors (Lipinski definition) is 3. The molecule has 2 heterocycles. The second kappa shape index (κ2) is 9.25. The zero-order valence-electron chi connectivity index (χ0n) is 16.7. The highest BCUT2D eigenvalue weighted by molar-refractivity contribution is 7.90. The van der Waals surface area contributed by atoms with Gasteiger partial charge in [0.15, 0.2) is 5.96 Å². The molecule has 1 saturated heterocycles. The summed E-state index contributed by atoms with van der Waals surface area (Å²) in [5.41, 5.74) is -2.95. The van der Waals surface area contributed by atoms with Crippen LogP contribution in [0.3, 0.4) is 0 Å². The fraction of sp³-hybridized carbons (Fsp3) is 0.526. The van der Waals surface area contributed by atoms with Gasteiger partial charge in [-0.3, -0.25) is 4.99 Å². The first-order chi connectivity index (χ1) is 14.2. The second-order valence-corrected chi connectivity index (χ2v) is 9.21. The Morgan fingerprint density at radius 1 is 1.23 bits per heavy atom. The van der Waals surface area contributed by atoms with E-state index >= 15 is 0 Å². The van der Waals surface area contributed by atoms with Crippen molar-refractivity contribution in [2.75, 3.05) is 33.2 Å². The number of sulfonamides is 1. The number of rotatable bonds is 6. The van der Waals surface area contributed by atoms with Crippen molar-refractivity contribution in [1.82, 2.24) is 19.9 Å². The van der Waals surface area contributed by atoms with Gasteiger partial charge in [0.1, 0.15) is 0 Å². The lowest BCUT2D eigenvalue weighted by Crippen LogP contribution is -2.47. The van der Waals surface area contributed by atoms with E-state index in [9.17, 15) is 21.6 Å². The number of H-pyrrole nitrogens is 1. The number of aromatic nitrogens is 1. The topological polar surface area (TPSA) is 89.6 Å². The monoisotopic (exact) mass is 445 g/mol. The number of hydrogen-bond acceptors (Lipinski definition) is 3. The zero-order valence-corrected chi connectivity index (χ0v) is 17.5. The molecule has 0 atom stereocenters. The molecule has 1 aliphatic heterocycles. The number of halogens is 3. The molecule has 0 amide bonds. The van der Waals surface area contributed by atoms with Gasteiger partial charge < -0.3 is 15.6 Å². The molecule has 166 valence electrons. The van der Waals surface area contributed by atoms with Crippen LogP contribution in [-0.4, -0.2) is 62.4 Å². The van der Waals surface area contributed by atoms with Crippen LogP contribution in [0.4, 0.5) is 13.2 Å². The summed E-state index contributed by atoms with van der Waals surface area (Å²) in [5, 5.41) is 7.60. The fourth-order valence-electron chi connectivity index (χ4n) is 3.62. The Hall–Kier alpha value is -2.27. The van der Waals surface area contributed by atoms with Crippen molar-refractivity contribution in [2.45, 2.75) is 24.8 Å². The van der Waals surface area contributed by atoms with Crippen molar-refractivity contribution in [3.8, 4) is 0 Å². The normalized spacial score (nSPS) is 17.4. The van der Waals surface area contributed by atoms with Gasteiger partial charge in [0.05, 0.1) is 0 Å². The molecule has 11 heteroatoms. The summed E-state index contributed by atoms with van der Waals surface area (Å²) in [5.74, 6) is 0.692. The lowest BCUT2D eigenvalue weighted by Gasteiger charge is -2.31. The minimum absolute atomic E-state index is 0.0804. The average molecular weight is 446 g/mol. The molecule has 7 nitrogen and oxygen atoms in total. The molecule has 3 rings (SSSR count). The number of nitrogens with zero attached hydrogens (tertiary/aromatic N) is 2. The Kier molecular flexibility index (Phi) is 6.91. The second-order valence-electron chi connectivity index (χ2n) is 7.28. The maximum atomic E-state index is 12.7. The van der Waals surface area contributed by atoms with E-state index in [0.29, 0.717) is 36.2 Å². The smallest absolute Gasteiger partial charge is 0.361 e. The zero-order chi connectivity index (χ0) is 21.8. The van der Waals surface area contributed by atoms with E-state index in [1.807, 2.05) is 24.4 Å². The first-order valence-corrected chi connectivity index (χ1v) is 11.2. The molecule has 0 spiro atoms. The van der Waals surface area contributed by atoms with E-state index in [1.165, 1.54) is 10.9 Å². The lowest BCUT2D eigenvalue weighted by molar-refractivity contribution is -0.0496. The molecule has 30 heavy (non-hydrogen) atoms. The molecule has 0 saturated carbocycles. The van der Waals surface area contributed by atoms with Crippen molar-refractivity contribution in [1.29, 1.82) is 0 Å². The van der Waals surface area contributed by atoms with E-state index in [2.05, 4.69) is 26.7 Å². The Morgan fingerprint density at radius 3 is 2.60 bits per heavy atom. The third-order valence-corrected chi connectivity index (χ3v) is 6.98. The van der Waals surface area contributed by atoms with E-state index in [0.717, 1.165) is 11.9 Å². The van der Waals surface area contributed by atoms with Gasteiger partial charge in [-0.1, -0.05) is 18.2 Å². The van der Waals surface area contributed by atoms with Gasteiger partial charge in [0.2, 0.25) is 0 Å². The summed E-state index contributed by atoms with van der Waals surface area (Å²) in [4.78, 5) is 7.41. The van der Waals surface area contributed by atoms with Crippen LogP contribution >= 0.6 is 0 Å². The summed E-state index contributed by atoms with van der Waals surface area (Å²) < 4.78 is 61.4. The van der Waals surface area contributed by atoms with Gasteiger partial charge in [0, 0.05) is 50.3 Å². The number of nitrogens with one attached hydrogen (secondary N) is 3. The first kappa shape index (κ1) is 22.4. The van der Waals surface area contributed by atoms with E-state index in [-0.39, 0.29) is 19.0 Å².